The van der Waals surface area contributed by atoms with Crippen LogP contribution in [0.25, 0.3) is 33.5 Å². The first kappa shape index (κ1) is 16.9. The van der Waals surface area contributed by atoms with Crippen LogP contribution in [-0.4, -0.2) is 48.1 Å². The predicted octanol–water partition coefficient (Wildman–Crippen LogP) is 2.05. The molecular formula is C16H12F3N7O. The van der Waals surface area contributed by atoms with Crippen LogP contribution in [-0.2, 0) is 11.3 Å². The topological polar surface area (TPSA) is 101 Å². The molecule has 0 aliphatic heterocycles. The van der Waals surface area contributed by atoms with Crippen molar-refractivity contribution in [3.8, 4) is 11.4 Å². The van der Waals surface area contributed by atoms with Gasteiger partial charge in [0.25, 0.3) is 0 Å². The molecular weight excluding hydrogens is 363 g/mol. The number of aromatic nitrogens is 6. The van der Waals surface area contributed by atoms with Crippen molar-refractivity contribution in [1.29, 1.82) is 0 Å². The molecule has 4 rings (SSSR count). The Bertz CT molecular complexity index is 1130. The maximum atomic E-state index is 12.2. The molecule has 0 atom stereocenters. The molecule has 1 amide bonds. The van der Waals surface area contributed by atoms with Gasteiger partial charge in [-0.25, -0.2) is 19.9 Å². The number of nitrogens with zero attached hydrogens (tertiary/aromatic N) is 5. The van der Waals surface area contributed by atoms with E-state index in [0.29, 0.717) is 28.1 Å². The number of halogens is 3. The minimum atomic E-state index is -4.46. The first-order valence-corrected chi connectivity index (χ1v) is 7.83. The van der Waals surface area contributed by atoms with Crippen LogP contribution in [0.5, 0.6) is 0 Å². The summed E-state index contributed by atoms with van der Waals surface area (Å²) < 4.78 is 38.2. The van der Waals surface area contributed by atoms with Gasteiger partial charge >= 0.3 is 6.18 Å². The molecule has 0 aliphatic carbocycles. The lowest BCUT2D eigenvalue weighted by molar-refractivity contribution is -0.138. The van der Waals surface area contributed by atoms with Crippen LogP contribution in [0.2, 0.25) is 0 Å². The van der Waals surface area contributed by atoms with E-state index in [2.05, 4.69) is 24.9 Å². The number of aromatic amines is 1. The highest BCUT2D eigenvalue weighted by atomic mass is 19.4. The Hall–Kier alpha value is -3.50. The molecule has 4 aromatic heterocycles. The molecule has 0 saturated carbocycles. The second-order valence-electron chi connectivity index (χ2n) is 5.80. The monoisotopic (exact) mass is 375 g/mol. The van der Waals surface area contributed by atoms with Crippen LogP contribution in [0.4, 0.5) is 13.2 Å². The average molecular weight is 375 g/mol. The molecule has 2 N–H and O–H groups in total. The van der Waals surface area contributed by atoms with E-state index in [1.807, 2.05) is 5.32 Å². The van der Waals surface area contributed by atoms with Crippen LogP contribution in [0.15, 0.2) is 37.2 Å². The summed E-state index contributed by atoms with van der Waals surface area (Å²) in [4.78, 5) is 31.7. The van der Waals surface area contributed by atoms with Gasteiger partial charge in [0.2, 0.25) is 5.91 Å². The van der Waals surface area contributed by atoms with Crippen LogP contribution in [0.3, 0.4) is 0 Å². The highest BCUT2D eigenvalue weighted by Gasteiger charge is 2.27. The smallest absolute Gasteiger partial charge is 0.345 e. The van der Waals surface area contributed by atoms with Crippen LogP contribution in [0.1, 0.15) is 0 Å². The zero-order valence-corrected chi connectivity index (χ0v) is 13.7. The zero-order valence-electron chi connectivity index (χ0n) is 13.7. The third kappa shape index (κ3) is 3.43. The summed E-state index contributed by atoms with van der Waals surface area (Å²) in [6, 6.07) is 1.69. The van der Waals surface area contributed by atoms with E-state index in [1.54, 1.807) is 30.9 Å². The summed E-state index contributed by atoms with van der Waals surface area (Å²) in [5, 5.41) is 3.24. The Kier molecular flexibility index (Phi) is 3.98. The van der Waals surface area contributed by atoms with Gasteiger partial charge in [-0.05, 0) is 6.07 Å². The largest absolute Gasteiger partial charge is 0.405 e. The Morgan fingerprint density at radius 2 is 2.11 bits per heavy atom. The molecule has 4 aromatic rings. The lowest BCUT2D eigenvalue weighted by atomic mass is 10.2. The van der Waals surface area contributed by atoms with Crippen LogP contribution >= 0.6 is 0 Å². The van der Waals surface area contributed by atoms with E-state index in [-0.39, 0.29) is 6.54 Å². The maximum absolute atomic E-state index is 12.2. The number of alkyl halides is 3. The van der Waals surface area contributed by atoms with Crippen molar-refractivity contribution in [3.05, 3.63) is 37.2 Å². The first-order chi connectivity index (χ1) is 12.9. The van der Waals surface area contributed by atoms with Crippen molar-refractivity contribution in [3.63, 3.8) is 0 Å². The third-order valence-electron chi connectivity index (χ3n) is 3.90. The SMILES string of the molecule is O=C(Cn1ccc2cnc(-c3c[nH]c4ncncc34)nc21)NCC(F)(F)F. The average Bonchev–Trinajstić information content (AvgIpc) is 3.23. The number of hydrogen-bond acceptors (Lipinski definition) is 5. The maximum Gasteiger partial charge on any atom is 0.405 e. The highest BCUT2D eigenvalue weighted by Crippen LogP contribution is 2.25. The van der Waals surface area contributed by atoms with Gasteiger partial charge in [0.1, 0.15) is 30.7 Å². The Balaban J connectivity index is 1.64. The molecule has 0 aromatic carbocycles. The summed E-state index contributed by atoms with van der Waals surface area (Å²) in [6.45, 7) is -1.66. The number of fused-ring (bicyclic) bond motifs is 2. The van der Waals surface area contributed by atoms with Gasteiger partial charge in [-0.15, -0.1) is 0 Å². The van der Waals surface area contributed by atoms with Crippen molar-refractivity contribution < 1.29 is 18.0 Å². The second-order valence-corrected chi connectivity index (χ2v) is 5.80. The van der Waals surface area contributed by atoms with Crippen LogP contribution < -0.4 is 5.32 Å². The third-order valence-corrected chi connectivity index (χ3v) is 3.90. The summed E-state index contributed by atoms with van der Waals surface area (Å²) in [5.41, 5.74) is 1.75. The van der Waals surface area contributed by atoms with Crippen molar-refractivity contribution >= 4 is 28.0 Å². The minimum Gasteiger partial charge on any atom is -0.345 e. The fraction of sp³-hybridized carbons (Fsp3) is 0.188. The van der Waals surface area contributed by atoms with E-state index < -0.39 is 18.6 Å². The minimum absolute atomic E-state index is 0.285. The Morgan fingerprint density at radius 3 is 2.93 bits per heavy atom. The van der Waals surface area contributed by atoms with Gasteiger partial charge in [-0.2, -0.15) is 13.2 Å². The van der Waals surface area contributed by atoms with Gasteiger partial charge in [-0.3, -0.25) is 4.79 Å². The molecule has 11 heteroatoms. The molecule has 27 heavy (non-hydrogen) atoms. The molecule has 0 spiro atoms. The zero-order chi connectivity index (χ0) is 19.0. The summed E-state index contributed by atoms with van der Waals surface area (Å²) >= 11 is 0. The number of carbonyl (C=O) groups is 1. The summed E-state index contributed by atoms with van der Waals surface area (Å²) in [7, 11) is 0. The number of hydrogen-bond donors (Lipinski definition) is 2. The van der Waals surface area contributed by atoms with Crippen molar-refractivity contribution in [2.75, 3.05) is 6.54 Å². The van der Waals surface area contributed by atoms with Crippen LogP contribution in [0, 0.1) is 0 Å². The fourth-order valence-corrected chi connectivity index (χ4v) is 2.68. The molecule has 0 unspecified atom stereocenters. The quantitative estimate of drug-likeness (QED) is 0.569. The van der Waals surface area contributed by atoms with E-state index in [9.17, 15) is 18.0 Å². The standard InChI is InChI=1S/C16H12F3N7O/c17-16(18,19)7-23-12(27)6-26-2-1-9-3-21-14(25-15(9)26)11-5-22-13-10(11)4-20-8-24-13/h1-5,8H,6-7H2,(H,23,27)(H,20,22,24). The van der Waals surface area contributed by atoms with Gasteiger partial charge in [0.05, 0.1) is 0 Å². The molecule has 8 nitrogen and oxygen atoms in total. The van der Waals surface area contributed by atoms with E-state index in [0.717, 1.165) is 5.39 Å². The molecule has 0 saturated heterocycles. The van der Waals surface area contributed by atoms with Gasteiger partial charge in [0.15, 0.2) is 5.82 Å². The van der Waals surface area contributed by atoms with E-state index >= 15 is 0 Å². The van der Waals surface area contributed by atoms with Gasteiger partial charge < -0.3 is 14.9 Å². The summed E-state index contributed by atoms with van der Waals surface area (Å²) in [6.07, 6.45) is 3.45. The molecule has 0 radical (unpaired) electrons. The fourth-order valence-electron chi connectivity index (χ4n) is 2.68. The number of nitrogens with one attached hydrogen (secondary N) is 2. The lowest BCUT2D eigenvalue weighted by Crippen LogP contribution is -2.35. The molecule has 4 heterocycles. The van der Waals surface area contributed by atoms with E-state index in [1.165, 1.54) is 10.9 Å². The van der Waals surface area contributed by atoms with Gasteiger partial charge in [-0.1, -0.05) is 0 Å². The van der Waals surface area contributed by atoms with Crippen molar-refractivity contribution in [2.24, 2.45) is 0 Å². The number of H-pyrrole nitrogens is 1. The second kappa shape index (κ2) is 6.34. The van der Waals surface area contributed by atoms with Gasteiger partial charge in [0, 0.05) is 41.1 Å². The normalized spacial score (nSPS) is 12.0. The Morgan fingerprint density at radius 1 is 1.26 bits per heavy atom. The number of carbonyl (C=O) groups excluding carboxylic acids is 1. The first-order valence-electron chi connectivity index (χ1n) is 7.83. The number of amides is 1. The highest BCUT2D eigenvalue weighted by molar-refractivity contribution is 5.92. The number of rotatable bonds is 4. The lowest BCUT2D eigenvalue weighted by Gasteiger charge is -2.09. The van der Waals surface area contributed by atoms with E-state index in [4.69, 9.17) is 0 Å². The predicted molar refractivity (Wildman–Crippen MR) is 89.5 cm³/mol. The van der Waals surface area contributed by atoms with Crippen molar-refractivity contribution in [1.82, 2.24) is 34.8 Å². The molecule has 0 bridgehead atoms. The molecule has 0 fully saturated rings. The molecule has 0 aliphatic rings. The Labute approximate surface area is 149 Å². The summed E-state index contributed by atoms with van der Waals surface area (Å²) in [5.74, 6) is -0.371. The molecule has 138 valence electrons. The van der Waals surface area contributed by atoms with Crippen molar-refractivity contribution in [2.45, 2.75) is 12.7 Å².